The molecule has 0 bridgehead atoms. The van der Waals surface area contributed by atoms with Gasteiger partial charge in [0.25, 0.3) is 5.91 Å². The number of hydrogen-bond donors (Lipinski definition) is 2. The molecule has 3 rings (SSSR count). The number of rotatable bonds is 4. The SMILES string of the molecule is Cc1ccc(NC(=O)CN2C(=O)NC(C)(c3ccc(F)cc3Cl)C2=O)cc1F. The molecule has 0 aromatic heterocycles. The molecule has 4 amide bonds. The van der Waals surface area contributed by atoms with Crippen LogP contribution in [0, 0.1) is 18.6 Å². The first-order valence-electron chi connectivity index (χ1n) is 8.27. The molecule has 1 unspecified atom stereocenters. The number of amides is 4. The quantitative estimate of drug-likeness (QED) is 0.763. The number of hydrogen-bond acceptors (Lipinski definition) is 3. The highest BCUT2D eigenvalue weighted by Gasteiger charge is 2.50. The first kappa shape index (κ1) is 19.8. The van der Waals surface area contributed by atoms with Crippen molar-refractivity contribution >= 4 is 35.1 Å². The van der Waals surface area contributed by atoms with Crippen molar-refractivity contribution in [3.63, 3.8) is 0 Å². The summed E-state index contributed by atoms with van der Waals surface area (Å²) in [6.45, 7) is 2.42. The third kappa shape index (κ3) is 3.55. The van der Waals surface area contributed by atoms with E-state index in [9.17, 15) is 23.2 Å². The van der Waals surface area contributed by atoms with Gasteiger partial charge in [0.05, 0.1) is 0 Å². The van der Waals surface area contributed by atoms with Gasteiger partial charge in [0, 0.05) is 16.3 Å². The molecule has 6 nitrogen and oxygen atoms in total. The Morgan fingerprint density at radius 3 is 2.57 bits per heavy atom. The third-order valence-corrected chi connectivity index (χ3v) is 4.81. The van der Waals surface area contributed by atoms with Gasteiger partial charge < -0.3 is 10.6 Å². The van der Waals surface area contributed by atoms with E-state index in [1.165, 1.54) is 25.1 Å². The van der Waals surface area contributed by atoms with Crippen LogP contribution in [0.1, 0.15) is 18.1 Å². The largest absolute Gasteiger partial charge is 0.325 e. The van der Waals surface area contributed by atoms with Crippen LogP contribution >= 0.6 is 11.6 Å². The van der Waals surface area contributed by atoms with E-state index in [2.05, 4.69) is 10.6 Å². The van der Waals surface area contributed by atoms with Crippen LogP contribution in [0.15, 0.2) is 36.4 Å². The average molecular weight is 408 g/mol. The third-order valence-electron chi connectivity index (χ3n) is 4.50. The summed E-state index contributed by atoms with van der Waals surface area (Å²) in [4.78, 5) is 38.0. The van der Waals surface area contributed by atoms with Gasteiger partial charge in [0.1, 0.15) is 23.7 Å². The zero-order valence-corrected chi connectivity index (χ0v) is 15.7. The smallest absolute Gasteiger partial charge is 0.324 e. The predicted molar refractivity (Wildman–Crippen MR) is 98.8 cm³/mol. The van der Waals surface area contributed by atoms with Crippen molar-refractivity contribution < 1.29 is 23.2 Å². The molecule has 146 valence electrons. The summed E-state index contributed by atoms with van der Waals surface area (Å²) in [6, 6.07) is 6.79. The number of benzene rings is 2. The topological polar surface area (TPSA) is 78.5 Å². The maximum absolute atomic E-state index is 13.6. The molecule has 9 heteroatoms. The maximum Gasteiger partial charge on any atom is 0.325 e. The summed E-state index contributed by atoms with van der Waals surface area (Å²) in [7, 11) is 0. The minimum Gasteiger partial charge on any atom is -0.324 e. The lowest BCUT2D eigenvalue weighted by molar-refractivity contribution is -0.133. The van der Waals surface area contributed by atoms with Gasteiger partial charge in [-0.2, -0.15) is 0 Å². The molecule has 1 aliphatic heterocycles. The molecule has 0 radical (unpaired) electrons. The summed E-state index contributed by atoms with van der Waals surface area (Å²) in [5, 5.41) is 4.89. The Kier molecular flexibility index (Phi) is 5.08. The Balaban J connectivity index is 1.78. The van der Waals surface area contributed by atoms with E-state index in [-0.39, 0.29) is 16.3 Å². The number of carbonyl (C=O) groups is 3. The molecule has 2 N–H and O–H groups in total. The van der Waals surface area contributed by atoms with E-state index in [1.807, 2.05) is 0 Å². The number of nitrogens with one attached hydrogen (secondary N) is 2. The zero-order valence-electron chi connectivity index (χ0n) is 15.0. The van der Waals surface area contributed by atoms with Crippen molar-refractivity contribution in [2.45, 2.75) is 19.4 Å². The Morgan fingerprint density at radius 1 is 1.21 bits per heavy atom. The van der Waals surface area contributed by atoms with E-state index >= 15 is 0 Å². The van der Waals surface area contributed by atoms with E-state index in [4.69, 9.17) is 11.6 Å². The van der Waals surface area contributed by atoms with Gasteiger partial charge in [-0.3, -0.25) is 14.5 Å². The fourth-order valence-corrected chi connectivity index (χ4v) is 3.29. The number of imide groups is 1. The van der Waals surface area contributed by atoms with Crippen LogP contribution in [-0.4, -0.2) is 29.3 Å². The number of urea groups is 1. The summed E-state index contributed by atoms with van der Waals surface area (Å²) in [5.74, 6) is -2.47. The fourth-order valence-electron chi connectivity index (χ4n) is 2.93. The highest BCUT2D eigenvalue weighted by atomic mass is 35.5. The molecule has 0 saturated carbocycles. The summed E-state index contributed by atoms with van der Waals surface area (Å²) in [5.41, 5.74) is -0.723. The van der Waals surface area contributed by atoms with E-state index in [0.29, 0.717) is 5.56 Å². The lowest BCUT2D eigenvalue weighted by Crippen LogP contribution is -2.42. The van der Waals surface area contributed by atoms with E-state index < -0.39 is 41.6 Å². The highest BCUT2D eigenvalue weighted by Crippen LogP contribution is 2.33. The molecule has 1 atom stereocenters. The number of anilines is 1. The Bertz CT molecular complexity index is 998. The lowest BCUT2D eigenvalue weighted by Gasteiger charge is -2.23. The van der Waals surface area contributed by atoms with Crippen molar-refractivity contribution in [2.24, 2.45) is 0 Å². The van der Waals surface area contributed by atoms with Gasteiger partial charge >= 0.3 is 6.03 Å². The van der Waals surface area contributed by atoms with Crippen molar-refractivity contribution in [2.75, 3.05) is 11.9 Å². The maximum atomic E-state index is 13.6. The van der Waals surface area contributed by atoms with Gasteiger partial charge in [0.15, 0.2) is 0 Å². The van der Waals surface area contributed by atoms with Gasteiger partial charge in [-0.25, -0.2) is 13.6 Å². The Labute approximate surface area is 164 Å². The van der Waals surface area contributed by atoms with Crippen LogP contribution in [0.2, 0.25) is 5.02 Å². The second-order valence-corrected chi connectivity index (χ2v) is 6.99. The molecule has 2 aromatic rings. The summed E-state index contributed by atoms with van der Waals surface area (Å²) < 4.78 is 26.9. The monoisotopic (exact) mass is 407 g/mol. The van der Waals surface area contributed by atoms with Crippen molar-refractivity contribution in [1.82, 2.24) is 10.2 Å². The second kappa shape index (κ2) is 7.20. The fraction of sp³-hybridized carbons (Fsp3) is 0.211. The first-order valence-corrected chi connectivity index (χ1v) is 8.65. The number of halogens is 3. The van der Waals surface area contributed by atoms with Crippen LogP contribution < -0.4 is 10.6 Å². The lowest BCUT2D eigenvalue weighted by atomic mass is 9.92. The van der Waals surface area contributed by atoms with Crippen LogP contribution in [0.4, 0.5) is 19.3 Å². The molecular weight excluding hydrogens is 392 g/mol. The average Bonchev–Trinajstić information content (AvgIpc) is 2.82. The van der Waals surface area contributed by atoms with Gasteiger partial charge in [-0.1, -0.05) is 23.7 Å². The number of aryl methyl sites for hydroxylation is 1. The number of nitrogens with zero attached hydrogens (tertiary/aromatic N) is 1. The minimum absolute atomic E-state index is 0.0300. The van der Waals surface area contributed by atoms with Crippen molar-refractivity contribution in [3.8, 4) is 0 Å². The molecule has 0 aliphatic carbocycles. The molecule has 28 heavy (non-hydrogen) atoms. The van der Waals surface area contributed by atoms with Crippen molar-refractivity contribution in [3.05, 3.63) is 64.2 Å². The molecule has 2 aromatic carbocycles. The summed E-state index contributed by atoms with van der Waals surface area (Å²) in [6.07, 6.45) is 0. The molecule has 1 fully saturated rings. The van der Waals surface area contributed by atoms with Gasteiger partial charge in [-0.15, -0.1) is 0 Å². The van der Waals surface area contributed by atoms with Gasteiger partial charge in [0.2, 0.25) is 5.91 Å². The molecule has 1 heterocycles. The minimum atomic E-state index is -1.54. The predicted octanol–water partition coefficient (Wildman–Crippen LogP) is 3.33. The Hall–Kier alpha value is -3.00. The van der Waals surface area contributed by atoms with Crippen LogP contribution in [0.25, 0.3) is 0 Å². The standard InChI is InChI=1S/C19H16ClF2N3O3/c1-10-3-5-12(8-15(10)22)23-16(26)9-25-17(27)19(2,24-18(25)28)13-6-4-11(21)7-14(13)20/h3-8H,9H2,1-2H3,(H,23,26)(H,24,28). The van der Waals surface area contributed by atoms with Crippen molar-refractivity contribution in [1.29, 1.82) is 0 Å². The van der Waals surface area contributed by atoms with Crippen LogP contribution in [0.3, 0.4) is 0 Å². The highest BCUT2D eigenvalue weighted by molar-refractivity contribution is 6.32. The van der Waals surface area contributed by atoms with Gasteiger partial charge in [-0.05, 0) is 43.7 Å². The van der Waals surface area contributed by atoms with Crippen LogP contribution in [0.5, 0.6) is 0 Å². The number of carbonyl (C=O) groups excluding carboxylic acids is 3. The molecular formula is C19H16ClF2N3O3. The van der Waals surface area contributed by atoms with E-state index in [1.54, 1.807) is 6.92 Å². The Morgan fingerprint density at radius 2 is 1.93 bits per heavy atom. The molecule has 1 saturated heterocycles. The molecule has 0 spiro atoms. The first-order chi connectivity index (χ1) is 13.1. The normalized spacial score (nSPS) is 19.0. The van der Waals surface area contributed by atoms with E-state index in [0.717, 1.165) is 23.1 Å². The zero-order chi connectivity index (χ0) is 20.6. The second-order valence-electron chi connectivity index (χ2n) is 6.58. The van der Waals surface area contributed by atoms with Crippen LogP contribution in [-0.2, 0) is 15.1 Å². The molecule has 1 aliphatic rings. The summed E-state index contributed by atoms with van der Waals surface area (Å²) >= 11 is 6.02.